The minimum Gasteiger partial charge on any atom is -0.363 e. The zero-order chi connectivity index (χ0) is 19.9. The fraction of sp³-hybridized carbons (Fsp3) is 0.0526. The van der Waals surface area contributed by atoms with E-state index >= 15 is 0 Å². The molecule has 1 unspecified atom stereocenters. The number of hydrogen-bond donors (Lipinski definition) is 2. The van der Waals surface area contributed by atoms with Crippen LogP contribution in [0.4, 0.5) is 0 Å². The molecule has 3 rings (SSSR count). The molecule has 3 N–H and O–H groups in total. The summed E-state index contributed by atoms with van der Waals surface area (Å²) in [4.78, 5) is 40.2. The summed E-state index contributed by atoms with van der Waals surface area (Å²) >= 11 is 0.828. The van der Waals surface area contributed by atoms with Crippen molar-refractivity contribution in [3.8, 4) is 23.2 Å². The van der Waals surface area contributed by atoms with Gasteiger partial charge in [0.25, 0.3) is 17.6 Å². The van der Waals surface area contributed by atoms with E-state index in [-0.39, 0.29) is 11.4 Å². The van der Waals surface area contributed by atoms with Gasteiger partial charge in [-0.3, -0.25) is 19.4 Å². The Balaban J connectivity index is 1.87. The summed E-state index contributed by atoms with van der Waals surface area (Å²) in [7, 11) is 0. The molecule has 0 saturated carbocycles. The summed E-state index contributed by atoms with van der Waals surface area (Å²) in [5.41, 5.74) is 6.39. The Labute approximate surface area is 164 Å². The van der Waals surface area contributed by atoms with Gasteiger partial charge >= 0.3 is 0 Å². The van der Waals surface area contributed by atoms with Crippen LogP contribution in [0.15, 0.2) is 54.7 Å². The van der Waals surface area contributed by atoms with E-state index in [1.54, 1.807) is 48.7 Å². The lowest BCUT2D eigenvalue weighted by molar-refractivity contribution is -0.136. The Hall–Kier alpha value is -3.90. The molecule has 2 aromatic heterocycles. The van der Waals surface area contributed by atoms with E-state index in [0.29, 0.717) is 11.3 Å². The van der Waals surface area contributed by atoms with Gasteiger partial charge in [0.15, 0.2) is 11.7 Å². The lowest BCUT2D eigenvalue weighted by Crippen LogP contribution is -2.45. The highest BCUT2D eigenvalue weighted by Gasteiger charge is 2.27. The van der Waals surface area contributed by atoms with Crippen LogP contribution in [0.1, 0.15) is 16.1 Å². The van der Waals surface area contributed by atoms with Gasteiger partial charge in [0.1, 0.15) is 5.69 Å². The molecule has 0 bridgehead atoms. The molecule has 28 heavy (non-hydrogen) atoms. The Bertz CT molecular complexity index is 1070. The normalized spacial score (nSPS) is 11.0. The molecule has 1 aromatic carbocycles. The molecule has 0 saturated heterocycles. The third kappa shape index (κ3) is 4.44. The molecule has 9 heteroatoms. The maximum absolute atomic E-state index is 12.6. The number of amides is 2. The van der Waals surface area contributed by atoms with Crippen molar-refractivity contribution >= 4 is 29.3 Å². The Morgan fingerprint density at radius 3 is 2.46 bits per heavy atom. The third-order valence-electron chi connectivity index (χ3n) is 3.53. The maximum atomic E-state index is 12.6. The van der Waals surface area contributed by atoms with Gasteiger partial charge in [-0.05, 0) is 24.3 Å². The SMILES string of the molecule is NC(=O)C(=O)C(C#Cc1ccccc1)NC(=O)c1nsnc1-c1ccccn1. The first-order valence-corrected chi connectivity index (χ1v) is 8.74. The lowest BCUT2D eigenvalue weighted by Gasteiger charge is -2.09. The molecule has 1 atom stereocenters. The topological polar surface area (TPSA) is 128 Å². The van der Waals surface area contributed by atoms with Crippen LogP contribution in [-0.4, -0.2) is 37.4 Å². The summed E-state index contributed by atoms with van der Waals surface area (Å²) in [6.07, 6.45) is 1.56. The van der Waals surface area contributed by atoms with Crippen molar-refractivity contribution in [2.45, 2.75) is 6.04 Å². The fourth-order valence-corrected chi connectivity index (χ4v) is 2.75. The van der Waals surface area contributed by atoms with Gasteiger partial charge in [-0.25, -0.2) is 0 Å². The smallest absolute Gasteiger partial charge is 0.288 e. The molecule has 0 aliphatic rings. The number of nitrogens with zero attached hydrogens (tertiary/aromatic N) is 3. The number of ketones is 1. The summed E-state index contributed by atoms with van der Waals surface area (Å²) in [6.45, 7) is 0. The van der Waals surface area contributed by atoms with Crippen molar-refractivity contribution in [3.05, 3.63) is 66.0 Å². The number of pyridine rings is 1. The first-order valence-electron chi connectivity index (χ1n) is 8.01. The maximum Gasteiger partial charge on any atom is 0.288 e. The van der Waals surface area contributed by atoms with Gasteiger partial charge in [-0.15, -0.1) is 0 Å². The summed E-state index contributed by atoms with van der Waals surface area (Å²) < 4.78 is 8.05. The molecule has 0 aliphatic heterocycles. The van der Waals surface area contributed by atoms with Gasteiger partial charge in [0.2, 0.25) is 0 Å². The van der Waals surface area contributed by atoms with Crippen LogP contribution in [0.3, 0.4) is 0 Å². The van der Waals surface area contributed by atoms with Gasteiger partial charge < -0.3 is 11.1 Å². The van der Waals surface area contributed by atoms with E-state index in [1.165, 1.54) is 0 Å². The zero-order valence-corrected chi connectivity index (χ0v) is 15.1. The quantitative estimate of drug-likeness (QED) is 0.489. The van der Waals surface area contributed by atoms with Gasteiger partial charge in [0, 0.05) is 11.8 Å². The van der Waals surface area contributed by atoms with Crippen LogP contribution in [0, 0.1) is 11.8 Å². The first-order chi connectivity index (χ1) is 13.6. The Morgan fingerprint density at radius 2 is 1.79 bits per heavy atom. The number of nitrogens with two attached hydrogens (primary N) is 1. The number of hydrogen-bond acceptors (Lipinski definition) is 7. The molecule has 0 aliphatic carbocycles. The Morgan fingerprint density at radius 1 is 1.04 bits per heavy atom. The number of primary amides is 1. The molecule has 0 fully saturated rings. The molecule has 138 valence electrons. The van der Waals surface area contributed by atoms with E-state index in [1.807, 2.05) is 6.07 Å². The van der Waals surface area contributed by atoms with Crippen LogP contribution in [0.25, 0.3) is 11.4 Å². The van der Waals surface area contributed by atoms with E-state index in [0.717, 1.165) is 11.7 Å². The molecule has 3 aromatic rings. The summed E-state index contributed by atoms with van der Waals surface area (Å²) in [5.74, 6) is 2.37. The molecule has 8 nitrogen and oxygen atoms in total. The summed E-state index contributed by atoms with van der Waals surface area (Å²) in [5, 5.41) is 2.39. The monoisotopic (exact) mass is 391 g/mol. The molecular weight excluding hydrogens is 378 g/mol. The van der Waals surface area contributed by atoms with E-state index in [4.69, 9.17) is 5.73 Å². The van der Waals surface area contributed by atoms with Crippen molar-refractivity contribution in [1.29, 1.82) is 0 Å². The van der Waals surface area contributed by atoms with Crippen molar-refractivity contribution in [1.82, 2.24) is 19.0 Å². The highest BCUT2D eigenvalue weighted by Crippen LogP contribution is 2.19. The first kappa shape index (κ1) is 18.9. The van der Waals surface area contributed by atoms with E-state index in [9.17, 15) is 14.4 Å². The van der Waals surface area contributed by atoms with Gasteiger partial charge in [0.05, 0.1) is 17.4 Å². The minimum atomic E-state index is -1.41. The zero-order valence-electron chi connectivity index (χ0n) is 14.3. The van der Waals surface area contributed by atoms with E-state index < -0.39 is 23.6 Å². The second-order valence-electron chi connectivity index (χ2n) is 5.45. The number of carbonyl (C=O) groups excluding carboxylic acids is 3. The molecule has 2 heterocycles. The van der Waals surface area contributed by atoms with Crippen LogP contribution >= 0.6 is 11.7 Å². The predicted molar refractivity (Wildman–Crippen MR) is 102 cm³/mol. The number of Topliss-reactive ketones (excluding diaryl/α,β-unsaturated/α-hetero) is 1. The van der Waals surface area contributed by atoms with E-state index in [2.05, 4.69) is 30.9 Å². The second kappa shape index (κ2) is 8.66. The van der Waals surface area contributed by atoms with Gasteiger partial charge in [-0.1, -0.05) is 36.1 Å². The van der Waals surface area contributed by atoms with Gasteiger partial charge in [-0.2, -0.15) is 8.75 Å². The Kier molecular flexibility index (Phi) is 5.84. The molecular formula is C19H13N5O3S. The third-order valence-corrected chi connectivity index (χ3v) is 4.05. The largest absolute Gasteiger partial charge is 0.363 e. The minimum absolute atomic E-state index is 0.0209. The van der Waals surface area contributed by atoms with Crippen LogP contribution in [-0.2, 0) is 9.59 Å². The van der Waals surface area contributed by atoms with Crippen molar-refractivity contribution in [3.63, 3.8) is 0 Å². The highest BCUT2D eigenvalue weighted by molar-refractivity contribution is 6.99. The fourth-order valence-electron chi connectivity index (χ4n) is 2.19. The molecule has 0 spiro atoms. The number of aromatic nitrogens is 3. The van der Waals surface area contributed by atoms with Crippen LogP contribution < -0.4 is 11.1 Å². The predicted octanol–water partition coefficient (Wildman–Crippen LogP) is 0.805. The number of benzene rings is 1. The average molecular weight is 391 g/mol. The lowest BCUT2D eigenvalue weighted by atomic mass is 10.1. The molecule has 2 amide bonds. The number of carbonyl (C=O) groups is 3. The number of nitrogens with one attached hydrogen (secondary N) is 1. The van der Waals surface area contributed by atoms with Crippen molar-refractivity contribution in [2.75, 3.05) is 0 Å². The number of rotatable bonds is 5. The molecule has 0 radical (unpaired) electrons. The van der Waals surface area contributed by atoms with Crippen LogP contribution in [0.5, 0.6) is 0 Å². The van der Waals surface area contributed by atoms with Crippen molar-refractivity contribution < 1.29 is 14.4 Å². The highest BCUT2D eigenvalue weighted by atomic mass is 32.1. The van der Waals surface area contributed by atoms with Crippen molar-refractivity contribution in [2.24, 2.45) is 5.73 Å². The second-order valence-corrected chi connectivity index (χ2v) is 5.98. The van der Waals surface area contributed by atoms with Crippen LogP contribution in [0.2, 0.25) is 0 Å². The standard InChI is InChI=1S/C19H13N5O3S/c20-18(26)17(25)14(10-9-12-6-2-1-3-7-12)22-19(27)16-15(23-28-24-16)13-8-4-5-11-21-13/h1-8,11,14H,(H2,20,26)(H,22,27). The summed E-state index contributed by atoms with van der Waals surface area (Å²) in [6, 6.07) is 12.5. The average Bonchev–Trinajstić information content (AvgIpc) is 3.22.